The topological polar surface area (TPSA) is 44.1 Å². The van der Waals surface area contributed by atoms with Gasteiger partial charge in [-0.05, 0) is 45.6 Å². The Bertz CT molecular complexity index is 846. The van der Waals surface area contributed by atoms with Crippen molar-refractivity contribution in [1.82, 2.24) is 9.55 Å². The molecule has 0 aliphatic rings. The van der Waals surface area contributed by atoms with Crippen LogP contribution in [0.4, 0.5) is 0 Å². The number of rotatable bonds is 4. The van der Waals surface area contributed by atoms with Gasteiger partial charge in [-0.2, -0.15) is 0 Å². The molecule has 0 amide bonds. The average molecular weight is 386 g/mol. The van der Waals surface area contributed by atoms with E-state index in [0.717, 1.165) is 9.99 Å². The van der Waals surface area contributed by atoms with Crippen LogP contribution in [0.2, 0.25) is 5.02 Å². The van der Waals surface area contributed by atoms with Gasteiger partial charge in [0.05, 0.1) is 22.9 Å². The van der Waals surface area contributed by atoms with Gasteiger partial charge in [-0.25, -0.2) is 4.98 Å². The molecule has 1 aromatic carbocycles. The van der Waals surface area contributed by atoms with E-state index in [-0.39, 0.29) is 5.56 Å². The highest BCUT2D eigenvalue weighted by atomic mass is 79.9. The summed E-state index contributed by atoms with van der Waals surface area (Å²) in [7, 11) is 0. The van der Waals surface area contributed by atoms with Crippen LogP contribution in [0.25, 0.3) is 10.2 Å². The van der Waals surface area contributed by atoms with Crippen LogP contribution in [0.3, 0.4) is 0 Å². The fourth-order valence-electron chi connectivity index (χ4n) is 1.88. The van der Waals surface area contributed by atoms with Gasteiger partial charge in [-0.15, -0.1) is 11.3 Å². The molecule has 0 fully saturated rings. The van der Waals surface area contributed by atoms with Crippen LogP contribution in [0.5, 0.6) is 5.75 Å². The number of hydrogen-bond acceptors (Lipinski definition) is 4. The summed E-state index contributed by atoms with van der Waals surface area (Å²) in [6, 6.07) is 7.15. The smallest absolute Gasteiger partial charge is 0.271 e. The lowest BCUT2D eigenvalue weighted by molar-refractivity contribution is 0.294. The molecule has 2 heterocycles. The molecule has 2 aromatic heterocycles. The molecule has 0 aliphatic heterocycles. The summed E-state index contributed by atoms with van der Waals surface area (Å²) in [5.41, 5.74) is 0.705. The molecule has 3 aromatic rings. The molecular weight excluding hydrogens is 376 g/mol. The molecule has 0 N–H and O–H groups in total. The van der Waals surface area contributed by atoms with Crippen molar-refractivity contribution in [2.45, 2.75) is 6.54 Å². The molecule has 0 saturated carbocycles. The summed E-state index contributed by atoms with van der Waals surface area (Å²) >= 11 is 10.7. The zero-order valence-corrected chi connectivity index (χ0v) is 13.9. The van der Waals surface area contributed by atoms with Gasteiger partial charge in [0, 0.05) is 5.02 Å². The minimum Gasteiger partial charge on any atom is -0.491 e. The number of halogens is 2. The van der Waals surface area contributed by atoms with Crippen LogP contribution in [0.1, 0.15) is 0 Å². The molecule has 0 radical (unpaired) electrons. The predicted octanol–water partition coefficient (Wildman–Crippen LogP) is 3.95. The molecule has 0 saturated heterocycles. The number of thiophene rings is 1. The fraction of sp³-hybridized carbons (Fsp3) is 0.143. The molecule has 108 valence electrons. The van der Waals surface area contributed by atoms with Crippen molar-refractivity contribution in [3.05, 3.63) is 55.8 Å². The van der Waals surface area contributed by atoms with E-state index in [2.05, 4.69) is 20.9 Å². The minimum atomic E-state index is -0.0335. The summed E-state index contributed by atoms with van der Waals surface area (Å²) < 4.78 is 8.67. The Kier molecular flexibility index (Phi) is 4.28. The van der Waals surface area contributed by atoms with Crippen LogP contribution >= 0.6 is 38.9 Å². The Morgan fingerprint density at radius 1 is 1.38 bits per heavy atom. The molecule has 0 bridgehead atoms. The standard InChI is InChI=1S/C14H10BrClN2O2S/c15-10-7-9(16)1-2-12(10)20-5-4-18-8-17-11-3-6-21-13(11)14(18)19/h1-3,6-8H,4-5H2. The number of aromatic nitrogens is 2. The summed E-state index contributed by atoms with van der Waals surface area (Å²) in [5, 5.41) is 2.50. The Balaban J connectivity index is 1.72. The molecule has 0 unspecified atom stereocenters. The molecule has 3 rings (SSSR count). The molecule has 4 nitrogen and oxygen atoms in total. The molecule has 21 heavy (non-hydrogen) atoms. The van der Waals surface area contributed by atoms with Crippen LogP contribution in [0, 0.1) is 0 Å². The van der Waals surface area contributed by atoms with Crippen LogP contribution < -0.4 is 10.3 Å². The Morgan fingerprint density at radius 2 is 2.24 bits per heavy atom. The minimum absolute atomic E-state index is 0.0335. The second-order valence-corrected chi connectivity index (χ2v) is 6.51. The zero-order chi connectivity index (χ0) is 14.8. The van der Waals surface area contributed by atoms with Gasteiger partial charge in [0.2, 0.25) is 0 Å². The highest BCUT2D eigenvalue weighted by Gasteiger charge is 2.06. The van der Waals surface area contributed by atoms with Crippen molar-refractivity contribution in [2.75, 3.05) is 6.61 Å². The summed E-state index contributed by atoms with van der Waals surface area (Å²) in [6.45, 7) is 0.813. The Labute approximate surface area is 138 Å². The number of nitrogens with zero attached hydrogens (tertiary/aromatic N) is 2. The maximum absolute atomic E-state index is 12.2. The van der Waals surface area contributed by atoms with E-state index in [4.69, 9.17) is 16.3 Å². The number of hydrogen-bond donors (Lipinski definition) is 0. The van der Waals surface area contributed by atoms with Crippen molar-refractivity contribution >= 4 is 49.1 Å². The third-order valence-electron chi connectivity index (χ3n) is 2.92. The Hall–Kier alpha value is -1.37. The molecule has 7 heteroatoms. The number of ether oxygens (including phenoxy) is 1. The van der Waals surface area contributed by atoms with Crippen molar-refractivity contribution in [3.63, 3.8) is 0 Å². The first-order valence-electron chi connectivity index (χ1n) is 6.15. The first-order chi connectivity index (χ1) is 10.1. The highest BCUT2D eigenvalue weighted by molar-refractivity contribution is 9.10. The fourth-order valence-corrected chi connectivity index (χ4v) is 3.47. The lowest BCUT2D eigenvalue weighted by Crippen LogP contribution is -2.22. The largest absolute Gasteiger partial charge is 0.491 e. The SMILES string of the molecule is O=c1c2sccc2ncn1CCOc1ccc(Cl)cc1Br. The lowest BCUT2D eigenvalue weighted by Gasteiger charge is -2.09. The van der Waals surface area contributed by atoms with Crippen LogP contribution in [-0.2, 0) is 6.54 Å². The van der Waals surface area contributed by atoms with Gasteiger partial charge in [0.1, 0.15) is 17.1 Å². The second kappa shape index (κ2) is 6.17. The Morgan fingerprint density at radius 3 is 3.05 bits per heavy atom. The summed E-state index contributed by atoms with van der Waals surface area (Å²) in [6.07, 6.45) is 1.55. The van der Waals surface area contributed by atoms with Crippen LogP contribution in [0.15, 0.2) is 45.2 Å². The first kappa shape index (κ1) is 14.6. The first-order valence-corrected chi connectivity index (χ1v) is 8.21. The molecule has 0 spiro atoms. The van der Waals surface area contributed by atoms with Gasteiger partial charge in [0.15, 0.2) is 0 Å². The van der Waals surface area contributed by atoms with E-state index in [0.29, 0.717) is 28.6 Å². The normalized spacial score (nSPS) is 11.0. The van der Waals surface area contributed by atoms with Crippen molar-refractivity contribution in [1.29, 1.82) is 0 Å². The van der Waals surface area contributed by atoms with E-state index >= 15 is 0 Å². The van der Waals surface area contributed by atoms with Crippen molar-refractivity contribution in [2.24, 2.45) is 0 Å². The molecular formula is C14H10BrClN2O2S. The second-order valence-electron chi connectivity index (χ2n) is 4.30. The van der Waals surface area contributed by atoms with Gasteiger partial charge in [-0.1, -0.05) is 11.6 Å². The van der Waals surface area contributed by atoms with E-state index < -0.39 is 0 Å². The molecule has 0 atom stereocenters. The monoisotopic (exact) mass is 384 g/mol. The van der Waals surface area contributed by atoms with E-state index in [1.807, 2.05) is 11.4 Å². The van der Waals surface area contributed by atoms with Crippen LogP contribution in [-0.4, -0.2) is 16.2 Å². The van der Waals surface area contributed by atoms with Gasteiger partial charge in [-0.3, -0.25) is 9.36 Å². The average Bonchev–Trinajstić information content (AvgIpc) is 2.93. The summed E-state index contributed by atoms with van der Waals surface area (Å²) in [4.78, 5) is 16.4. The summed E-state index contributed by atoms with van der Waals surface area (Å²) in [5.74, 6) is 0.692. The lowest BCUT2D eigenvalue weighted by atomic mass is 10.3. The highest BCUT2D eigenvalue weighted by Crippen LogP contribution is 2.27. The van der Waals surface area contributed by atoms with Crippen molar-refractivity contribution < 1.29 is 4.74 Å². The quantitative estimate of drug-likeness (QED) is 0.683. The van der Waals surface area contributed by atoms with Gasteiger partial charge < -0.3 is 4.74 Å². The zero-order valence-electron chi connectivity index (χ0n) is 10.8. The van der Waals surface area contributed by atoms with E-state index in [9.17, 15) is 4.79 Å². The van der Waals surface area contributed by atoms with Crippen molar-refractivity contribution in [3.8, 4) is 5.75 Å². The third-order valence-corrected chi connectivity index (χ3v) is 4.67. The number of benzene rings is 1. The maximum Gasteiger partial charge on any atom is 0.271 e. The van der Waals surface area contributed by atoms with E-state index in [1.54, 1.807) is 29.1 Å². The maximum atomic E-state index is 12.2. The van der Waals surface area contributed by atoms with E-state index in [1.165, 1.54) is 11.3 Å². The molecule has 0 aliphatic carbocycles. The number of fused-ring (bicyclic) bond motifs is 1. The third kappa shape index (κ3) is 3.12. The predicted molar refractivity (Wildman–Crippen MR) is 88.5 cm³/mol. The van der Waals surface area contributed by atoms with Gasteiger partial charge >= 0.3 is 0 Å². The van der Waals surface area contributed by atoms with Gasteiger partial charge in [0.25, 0.3) is 5.56 Å².